The van der Waals surface area contributed by atoms with E-state index in [2.05, 4.69) is 27.4 Å². The zero-order valence-electron chi connectivity index (χ0n) is 14.4. The van der Waals surface area contributed by atoms with Gasteiger partial charge in [-0.3, -0.25) is 9.78 Å². The lowest BCUT2D eigenvalue weighted by Crippen LogP contribution is -2.39. The number of amides is 1. The minimum Gasteiger partial charge on any atom is -0.352 e. The standard InChI is InChI=1S/C18H23N5OS/c1-2-23-17(13-5-7-19-8-6-13)21-22-18(23)25-11-16(24)20-15-10-12-3-4-14(15)9-12/h5-8,12,14-15H,2-4,9-11H2,1H3,(H,20,24). The number of rotatable bonds is 6. The molecule has 0 aliphatic heterocycles. The Morgan fingerprint density at radius 3 is 2.80 bits per heavy atom. The van der Waals surface area contributed by atoms with Gasteiger partial charge in [0.15, 0.2) is 11.0 Å². The quantitative estimate of drug-likeness (QED) is 0.805. The average molecular weight is 357 g/mol. The zero-order valence-corrected chi connectivity index (χ0v) is 15.2. The highest BCUT2D eigenvalue weighted by Gasteiger charge is 2.40. The van der Waals surface area contributed by atoms with E-state index in [-0.39, 0.29) is 5.91 Å². The fourth-order valence-electron chi connectivity index (χ4n) is 4.20. The van der Waals surface area contributed by atoms with Crippen molar-refractivity contribution in [1.82, 2.24) is 25.1 Å². The van der Waals surface area contributed by atoms with Crippen molar-refractivity contribution in [3.05, 3.63) is 24.5 Å². The highest BCUT2D eigenvalue weighted by atomic mass is 32.2. The summed E-state index contributed by atoms with van der Waals surface area (Å²) in [4.78, 5) is 16.4. The molecule has 25 heavy (non-hydrogen) atoms. The Balaban J connectivity index is 1.38. The Labute approximate surface area is 151 Å². The molecular formula is C18H23N5OS. The van der Waals surface area contributed by atoms with E-state index in [0.717, 1.165) is 29.0 Å². The highest BCUT2D eigenvalue weighted by Crippen LogP contribution is 2.44. The fourth-order valence-corrected chi connectivity index (χ4v) is 5.01. The third-order valence-electron chi connectivity index (χ3n) is 5.39. The number of fused-ring (bicyclic) bond motifs is 2. The molecule has 2 aromatic rings. The second-order valence-corrected chi connectivity index (χ2v) is 7.87. The Bertz CT molecular complexity index is 747. The van der Waals surface area contributed by atoms with Crippen LogP contribution in [0, 0.1) is 11.8 Å². The van der Waals surface area contributed by atoms with Crippen LogP contribution in [0.5, 0.6) is 0 Å². The highest BCUT2D eigenvalue weighted by molar-refractivity contribution is 7.99. The monoisotopic (exact) mass is 357 g/mol. The first-order valence-corrected chi connectivity index (χ1v) is 9.99. The maximum Gasteiger partial charge on any atom is 0.230 e. The SMILES string of the molecule is CCn1c(SCC(=O)NC2CC3CCC2C3)nnc1-c1ccncc1. The molecule has 2 aromatic heterocycles. The maximum absolute atomic E-state index is 12.3. The largest absolute Gasteiger partial charge is 0.352 e. The van der Waals surface area contributed by atoms with Gasteiger partial charge in [0.25, 0.3) is 0 Å². The fraction of sp³-hybridized carbons (Fsp3) is 0.556. The normalized spacial score (nSPS) is 24.6. The van der Waals surface area contributed by atoms with E-state index < -0.39 is 0 Å². The summed E-state index contributed by atoms with van der Waals surface area (Å²) < 4.78 is 2.05. The minimum absolute atomic E-state index is 0.110. The molecule has 6 nitrogen and oxygen atoms in total. The van der Waals surface area contributed by atoms with Crippen LogP contribution in [0.1, 0.15) is 32.6 Å². The van der Waals surface area contributed by atoms with Crippen LogP contribution in [0.2, 0.25) is 0 Å². The van der Waals surface area contributed by atoms with Crippen LogP contribution in [0.15, 0.2) is 29.7 Å². The molecule has 0 radical (unpaired) electrons. The molecule has 2 aliphatic carbocycles. The molecule has 0 saturated heterocycles. The average Bonchev–Trinajstić information content (AvgIpc) is 3.35. The van der Waals surface area contributed by atoms with E-state index in [0.29, 0.717) is 17.7 Å². The number of aromatic nitrogens is 4. The molecule has 1 amide bonds. The molecule has 2 bridgehead atoms. The predicted molar refractivity (Wildman–Crippen MR) is 97.0 cm³/mol. The second kappa shape index (κ2) is 7.15. The smallest absolute Gasteiger partial charge is 0.230 e. The number of nitrogens with one attached hydrogen (secondary N) is 1. The summed E-state index contributed by atoms with van der Waals surface area (Å²) in [5.41, 5.74) is 0.989. The lowest BCUT2D eigenvalue weighted by molar-refractivity contribution is -0.119. The van der Waals surface area contributed by atoms with E-state index in [1.807, 2.05) is 16.7 Å². The topological polar surface area (TPSA) is 72.7 Å². The van der Waals surface area contributed by atoms with E-state index in [9.17, 15) is 4.79 Å². The first kappa shape index (κ1) is 16.6. The number of carbonyl (C=O) groups excluding carboxylic acids is 1. The van der Waals surface area contributed by atoms with Crippen molar-refractivity contribution in [3.63, 3.8) is 0 Å². The van der Waals surface area contributed by atoms with E-state index in [4.69, 9.17) is 0 Å². The van der Waals surface area contributed by atoms with E-state index in [1.165, 1.54) is 37.4 Å². The van der Waals surface area contributed by atoms with Crippen molar-refractivity contribution in [2.45, 2.75) is 50.4 Å². The lowest BCUT2D eigenvalue weighted by Gasteiger charge is -2.22. The molecule has 2 heterocycles. The Hall–Kier alpha value is -1.89. The van der Waals surface area contributed by atoms with Crippen molar-refractivity contribution < 1.29 is 4.79 Å². The Morgan fingerprint density at radius 1 is 1.28 bits per heavy atom. The molecule has 0 aromatic carbocycles. The summed E-state index contributed by atoms with van der Waals surface area (Å²) in [5, 5.41) is 12.6. The third-order valence-corrected chi connectivity index (χ3v) is 6.36. The summed E-state index contributed by atoms with van der Waals surface area (Å²) in [5.74, 6) is 2.87. The van der Waals surface area contributed by atoms with Crippen LogP contribution in [0.3, 0.4) is 0 Å². The molecule has 0 spiro atoms. The summed E-state index contributed by atoms with van der Waals surface area (Å²) >= 11 is 1.46. The Kier molecular flexibility index (Phi) is 4.74. The van der Waals surface area contributed by atoms with Crippen LogP contribution >= 0.6 is 11.8 Å². The van der Waals surface area contributed by atoms with Gasteiger partial charge in [-0.1, -0.05) is 18.2 Å². The van der Waals surface area contributed by atoms with Gasteiger partial charge >= 0.3 is 0 Å². The number of pyridine rings is 1. The summed E-state index contributed by atoms with van der Waals surface area (Å²) in [6.45, 7) is 2.83. The molecule has 3 atom stereocenters. The molecule has 2 fully saturated rings. The summed E-state index contributed by atoms with van der Waals surface area (Å²) in [6.07, 6.45) is 8.60. The number of nitrogens with zero attached hydrogens (tertiary/aromatic N) is 4. The number of thioether (sulfide) groups is 1. The third kappa shape index (κ3) is 3.42. The van der Waals surface area contributed by atoms with Gasteiger partial charge in [0, 0.05) is 30.5 Å². The van der Waals surface area contributed by atoms with Gasteiger partial charge in [-0.15, -0.1) is 10.2 Å². The van der Waals surface area contributed by atoms with Crippen LogP contribution < -0.4 is 5.32 Å². The number of hydrogen-bond acceptors (Lipinski definition) is 5. The van der Waals surface area contributed by atoms with Gasteiger partial charge in [0.05, 0.1) is 5.75 Å². The Morgan fingerprint density at radius 2 is 2.12 bits per heavy atom. The van der Waals surface area contributed by atoms with Crippen LogP contribution in [-0.2, 0) is 11.3 Å². The molecule has 3 unspecified atom stereocenters. The van der Waals surface area contributed by atoms with E-state index in [1.54, 1.807) is 12.4 Å². The summed E-state index contributed by atoms with van der Waals surface area (Å²) in [7, 11) is 0. The van der Waals surface area contributed by atoms with Gasteiger partial charge in [-0.25, -0.2) is 0 Å². The zero-order chi connectivity index (χ0) is 17.2. The van der Waals surface area contributed by atoms with Gasteiger partial charge < -0.3 is 9.88 Å². The van der Waals surface area contributed by atoms with Gasteiger partial charge in [-0.05, 0) is 50.2 Å². The number of hydrogen-bond donors (Lipinski definition) is 1. The van der Waals surface area contributed by atoms with E-state index >= 15 is 0 Å². The summed E-state index contributed by atoms with van der Waals surface area (Å²) in [6, 6.07) is 4.24. The first-order valence-electron chi connectivity index (χ1n) is 9.00. The van der Waals surface area contributed by atoms with Crippen molar-refractivity contribution in [1.29, 1.82) is 0 Å². The maximum atomic E-state index is 12.3. The molecule has 7 heteroatoms. The second-order valence-electron chi connectivity index (χ2n) is 6.92. The van der Waals surface area contributed by atoms with Gasteiger partial charge in [-0.2, -0.15) is 0 Å². The first-order chi connectivity index (χ1) is 12.2. The number of carbonyl (C=O) groups is 1. The lowest BCUT2D eigenvalue weighted by atomic mass is 9.95. The van der Waals surface area contributed by atoms with Crippen LogP contribution in [-0.4, -0.2) is 37.5 Å². The molecule has 2 saturated carbocycles. The van der Waals surface area contributed by atoms with Crippen LogP contribution in [0.25, 0.3) is 11.4 Å². The molecule has 1 N–H and O–H groups in total. The van der Waals surface area contributed by atoms with Crippen molar-refractivity contribution in [3.8, 4) is 11.4 Å². The molecule has 2 aliphatic rings. The minimum atomic E-state index is 0.110. The predicted octanol–water partition coefficient (Wildman–Crippen LogP) is 2.76. The molecule has 132 valence electrons. The molecular weight excluding hydrogens is 334 g/mol. The van der Waals surface area contributed by atoms with Crippen molar-refractivity contribution in [2.24, 2.45) is 11.8 Å². The van der Waals surface area contributed by atoms with Gasteiger partial charge in [0.1, 0.15) is 0 Å². The molecule has 4 rings (SSSR count). The van der Waals surface area contributed by atoms with Crippen molar-refractivity contribution >= 4 is 17.7 Å². The van der Waals surface area contributed by atoms with Crippen molar-refractivity contribution in [2.75, 3.05) is 5.75 Å². The van der Waals surface area contributed by atoms with Crippen LogP contribution in [0.4, 0.5) is 0 Å². The van der Waals surface area contributed by atoms with Gasteiger partial charge in [0.2, 0.25) is 5.91 Å².